The zero-order chi connectivity index (χ0) is 54.3. The highest BCUT2D eigenvalue weighted by Gasteiger charge is 2.54. The molecule has 0 amide bonds. The van der Waals surface area contributed by atoms with Crippen LogP contribution in [0.3, 0.4) is 0 Å². The summed E-state index contributed by atoms with van der Waals surface area (Å²) in [6.45, 7) is -3.96. The van der Waals surface area contributed by atoms with E-state index in [0.717, 1.165) is 0 Å². The molecular weight excluding hydrogens is 1110 g/mol. The summed E-state index contributed by atoms with van der Waals surface area (Å²) in [6, 6.07) is 0. The van der Waals surface area contributed by atoms with E-state index in [1.165, 1.54) is 0 Å². The van der Waals surface area contributed by atoms with Crippen molar-refractivity contribution in [2.45, 2.75) is 144 Å². The van der Waals surface area contributed by atoms with E-state index in [4.69, 9.17) is 15.3 Å². The average molecular weight is 1190 g/mol. The van der Waals surface area contributed by atoms with Gasteiger partial charge in [-0.25, -0.2) is 8.42 Å². The molecule has 3 rings (SSSR count). The van der Waals surface area contributed by atoms with Gasteiger partial charge in [-0.2, -0.15) is 0 Å². The molecule has 72 heavy (non-hydrogen) atoms. The SMILES string of the molecule is O=S(=O)([O-])O[C@@H]([C@H](O)[C@@H](O)[C@H](O)CO)[C@H](O)C[S+]1C[C@@H](O)[C@H](O)[C@H]1CO.OC[C@@H](O)[C@H](O)[C@@H](O)[C@H](O)[C@H](O)C[S+]1C[C@@H](O)[C@H](O)[C@H]1CO.OC[C@@H]1[C@@H](O)[C@H](O)C[S+]1C[C@@H](O)[C@@H](O)[C@H](O)[C@@H](O)[C@@H](O)CO.[Cl-].[Cl-]. The molecule has 0 aromatic carbocycles. The molecule has 3 fully saturated rings. The third-order valence-corrected chi connectivity index (χ3v) is 20.6. The first kappa shape index (κ1) is 74.5. The first-order chi connectivity index (χ1) is 32.4. The molecule has 0 spiro atoms. The van der Waals surface area contributed by atoms with Gasteiger partial charge in [0.05, 0.1) is 39.6 Å². The van der Waals surface area contributed by atoms with Gasteiger partial charge in [0.1, 0.15) is 163 Å². The largest absolute Gasteiger partial charge is 1.00 e. The molecular formula is C36H74Cl2O30S4. The van der Waals surface area contributed by atoms with Crippen LogP contribution in [-0.4, -0.2) is 364 Å². The van der Waals surface area contributed by atoms with E-state index >= 15 is 0 Å². The maximum atomic E-state index is 10.9. The highest BCUT2D eigenvalue weighted by molar-refractivity contribution is 7.98. The Balaban J connectivity index is 0. The van der Waals surface area contributed by atoms with Gasteiger partial charge in [0.15, 0.2) is 15.7 Å². The van der Waals surface area contributed by atoms with Crippen molar-refractivity contribution in [3.05, 3.63) is 0 Å². The molecule has 26 N–H and O–H groups in total. The zero-order valence-electron chi connectivity index (χ0n) is 38.0. The van der Waals surface area contributed by atoms with Crippen LogP contribution in [0.2, 0.25) is 0 Å². The predicted molar refractivity (Wildman–Crippen MR) is 240 cm³/mol. The number of rotatable bonds is 26. The smallest absolute Gasteiger partial charge is 0.218 e. The summed E-state index contributed by atoms with van der Waals surface area (Å²) >= 11 is 0. The van der Waals surface area contributed by atoms with Crippen LogP contribution in [0.5, 0.6) is 0 Å². The molecule has 3 heterocycles. The van der Waals surface area contributed by atoms with Crippen LogP contribution in [0.15, 0.2) is 0 Å². The lowest BCUT2D eigenvalue weighted by atomic mass is 10.0. The standard InChI is InChI=1S/C12H24O12S2.2C12H25O9S.2ClH/c13-1-5(15)10(19)11(20)12(24-26(21,22)23)7(17)4-25-3-6(16)9(18)8(25)2-14;2*13-1-5(15)10(19)12(21)11(20)7(17)4-22-3-6(16)9(18)8(22)2-14;;/h5-20H,1-4H2;2*5-21H,1-4H2;2*1H/q;2*+1;;/p-2/t5-,6-,7-,8-,9+,10+,11-,12-,25?;5-,6+,7+,8+,9-,10-,11+,12+,22?;5-,6-,7-,8-,9+,10+,11-,12-,22?;;/m101../s1. The van der Waals surface area contributed by atoms with Gasteiger partial charge >= 0.3 is 0 Å². The van der Waals surface area contributed by atoms with Crippen LogP contribution in [0.4, 0.5) is 0 Å². The first-order valence-corrected chi connectivity index (χ1v) is 27.5. The maximum absolute atomic E-state index is 10.9. The molecule has 36 heteroatoms. The van der Waals surface area contributed by atoms with Crippen molar-refractivity contribution in [1.29, 1.82) is 0 Å². The zero-order valence-corrected chi connectivity index (χ0v) is 42.8. The fourth-order valence-corrected chi connectivity index (χ4v) is 15.9. The predicted octanol–water partition coefficient (Wildman–Crippen LogP) is -23.0. The maximum Gasteiger partial charge on any atom is 0.218 e. The minimum absolute atomic E-state index is 0. The van der Waals surface area contributed by atoms with Gasteiger partial charge in [0, 0.05) is 32.7 Å². The van der Waals surface area contributed by atoms with Crippen LogP contribution >= 0.6 is 0 Å². The minimum atomic E-state index is -5.42. The second-order valence-corrected chi connectivity index (χ2v) is 24.8. The van der Waals surface area contributed by atoms with Crippen LogP contribution in [0.1, 0.15) is 0 Å². The summed E-state index contributed by atoms with van der Waals surface area (Å²) < 4.78 is 36.7. The lowest BCUT2D eigenvalue weighted by Gasteiger charge is -2.31. The summed E-state index contributed by atoms with van der Waals surface area (Å²) in [7, 11) is -8.02. The summed E-state index contributed by atoms with van der Waals surface area (Å²) in [5.41, 5.74) is 0. The van der Waals surface area contributed by atoms with Crippen molar-refractivity contribution in [1.82, 2.24) is 0 Å². The number of aliphatic hydroxyl groups excluding tert-OH is 26. The Morgan fingerprint density at radius 1 is 0.403 bits per heavy atom. The molecule has 0 bridgehead atoms. The fraction of sp³-hybridized carbons (Fsp3) is 1.00. The number of hydrogen-bond donors (Lipinski definition) is 26. The Morgan fingerprint density at radius 2 is 0.639 bits per heavy atom. The van der Waals surface area contributed by atoms with Gasteiger partial charge in [-0.3, -0.25) is 4.18 Å². The molecule has 3 unspecified atom stereocenters. The second kappa shape index (κ2) is 35.2. The highest BCUT2D eigenvalue weighted by atomic mass is 35.5. The molecule has 30 nitrogen and oxygen atoms in total. The molecule has 0 aliphatic carbocycles. The van der Waals surface area contributed by atoms with E-state index in [0.29, 0.717) is 0 Å². The fourth-order valence-electron chi connectivity index (χ4n) is 7.37. The van der Waals surface area contributed by atoms with E-state index in [2.05, 4.69) is 4.18 Å². The lowest BCUT2D eigenvalue weighted by molar-refractivity contribution is -0.136. The average Bonchev–Trinajstić information content (AvgIpc) is 3.87. The molecule has 3 saturated heterocycles. The van der Waals surface area contributed by atoms with Crippen molar-refractivity contribution in [2.24, 2.45) is 0 Å². The second-order valence-electron chi connectivity index (χ2n) is 16.8. The van der Waals surface area contributed by atoms with Crippen molar-refractivity contribution in [3.8, 4) is 0 Å². The molecule has 3 aliphatic rings. The minimum Gasteiger partial charge on any atom is -1.00 e. The summed E-state index contributed by atoms with van der Waals surface area (Å²) in [5, 5.41) is 245. The van der Waals surface area contributed by atoms with Crippen molar-refractivity contribution in [2.75, 3.05) is 74.2 Å². The van der Waals surface area contributed by atoms with E-state index in [9.17, 15) is 130 Å². The third kappa shape index (κ3) is 21.6. The van der Waals surface area contributed by atoms with Gasteiger partial charge in [-0.1, -0.05) is 0 Å². The Kier molecular flexibility index (Phi) is 36.4. The molecule has 0 aromatic rings. The van der Waals surface area contributed by atoms with E-state index in [1.54, 1.807) is 0 Å². The van der Waals surface area contributed by atoms with Crippen LogP contribution < -0.4 is 24.8 Å². The molecule has 0 saturated carbocycles. The topological polar surface area (TPSA) is 592 Å². The molecule has 0 aromatic heterocycles. The van der Waals surface area contributed by atoms with E-state index in [1.807, 2.05) is 0 Å². The quantitative estimate of drug-likeness (QED) is 0.0217. The number of halogens is 2. The molecule has 436 valence electrons. The van der Waals surface area contributed by atoms with Gasteiger partial charge in [-0.05, 0) is 0 Å². The van der Waals surface area contributed by atoms with Crippen molar-refractivity contribution in [3.63, 3.8) is 0 Å². The van der Waals surface area contributed by atoms with Gasteiger partial charge in [0.25, 0.3) is 0 Å². The Hall–Kier alpha value is 0.460. The number of aliphatic hydroxyl groups is 26. The lowest BCUT2D eigenvalue weighted by Crippen LogP contribution is -3.00. The number of hydrogen-bond acceptors (Lipinski definition) is 30. The summed E-state index contributed by atoms with van der Waals surface area (Å²) in [5.74, 6) is -0.308. The Labute approximate surface area is 434 Å². The first-order valence-electron chi connectivity index (χ1n) is 21.3. The summed E-state index contributed by atoms with van der Waals surface area (Å²) in [4.78, 5) is 0. The van der Waals surface area contributed by atoms with Crippen molar-refractivity contribution >= 4 is 43.1 Å². The van der Waals surface area contributed by atoms with E-state index < -0.39 is 227 Å². The normalized spacial score (nSPS) is 33.8. The van der Waals surface area contributed by atoms with E-state index in [-0.39, 0.29) is 59.3 Å². The van der Waals surface area contributed by atoms with Gasteiger partial charge in [-0.15, -0.1) is 0 Å². The third-order valence-electron chi connectivity index (χ3n) is 11.7. The van der Waals surface area contributed by atoms with Crippen molar-refractivity contribution < 1.29 is 175 Å². The highest BCUT2D eigenvalue weighted by Crippen LogP contribution is 2.29. The molecule has 27 atom stereocenters. The van der Waals surface area contributed by atoms with Gasteiger partial charge in [0.2, 0.25) is 10.4 Å². The van der Waals surface area contributed by atoms with Crippen LogP contribution in [0, 0.1) is 0 Å². The Bertz CT molecular complexity index is 1490. The molecule has 3 aliphatic heterocycles. The van der Waals surface area contributed by atoms with Gasteiger partial charge < -0.3 is 162 Å². The summed E-state index contributed by atoms with van der Waals surface area (Å²) in [6.07, 6.45) is -34.5. The Morgan fingerprint density at radius 3 is 0.875 bits per heavy atom. The van der Waals surface area contributed by atoms with Crippen LogP contribution in [-0.2, 0) is 47.3 Å². The van der Waals surface area contributed by atoms with Crippen LogP contribution in [0.25, 0.3) is 0 Å². The monoisotopic (exact) mass is 1180 g/mol. The molecule has 0 radical (unpaired) electrons.